The fourth-order valence-corrected chi connectivity index (χ4v) is 1.77. The van der Waals surface area contributed by atoms with E-state index in [2.05, 4.69) is 25.2 Å². The zero-order chi connectivity index (χ0) is 17.0. The molecule has 0 radical (unpaired) electrons. The van der Waals surface area contributed by atoms with Crippen molar-refractivity contribution < 1.29 is 22.7 Å². The van der Waals surface area contributed by atoms with Crippen LogP contribution >= 0.6 is 0 Å². The van der Waals surface area contributed by atoms with Gasteiger partial charge in [0.25, 0.3) is 5.91 Å². The van der Waals surface area contributed by atoms with E-state index in [9.17, 15) is 18.0 Å². The third-order valence-corrected chi connectivity index (χ3v) is 2.89. The van der Waals surface area contributed by atoms with Crippen molar-refractivity contribution in [1.29, 1.82) is 0 Å². The average Bonchev–Trinajstić information content (AvgIpc) is 2.91. The zero-order valence-corrected chi connectivity index (χ0v) is 12.4. The van der Waals surface area contributed by atoms with Gasteiger partial charge in [-0.15, -0.1) is 0 Å². The van der Waals surface area contributed by atoms with Gasteiger partial charge < -0.3 is 10.1 Å². The molecular weight excluding hydrogens is 313 g/mol. The van der Waals surface area contributed by atoms with E-state index in [1.807, 2.05) is 6.92 Å². The number of amides is 1. The standard InChI is InChI=1S/C14H15F3N4O2/c1-8-5-12(21-20-8)9(2)19-13(22)11-4-3-10(6-18-11)23-7-14(15,16)17/h3-6,9H,7H2,1-2H3,(H,19,22)(H,20,21). The number of hydrogen-bond donors (Lipinski definition) is 2. The van der Waals surface area contributed by atoms with Gasteiger partial charge in [-0.2, -0.15) is 18.3 Å². The van der Waals surface area contributed by atoms with Gasteiger partial charge in [-0.3, -0.25) is 9.89 Å². The van der Waals surface area contributed by atoms with E-state index >= 15 is 0 Å². The third kappa shape index (κ3) is 4.97. The molecule has 0 aliphatic heterocycles. The number of hydrogen-bond acceptors (Lipinski definition) is 4. The molecular formula is C14H15F3N4O2. The number of aryl methyl sites for hydroxylation is 1. The molecule has 0 fully saturated rings. The van der Waals surface area contributed by atoms with Crippen LogP contribution in [0.4, 0.5) is 13.2 Å². The molecule has 2 heterocycles. The van der Waals surface area contributed by atoms with Crippen molar-refractivity contribution in [3.63, 3.8) is 0 Å². The Hall–Kier alpha value is -2.58. The molecule has 0 bridgehead atoms. The monoisotopic (exact) mass is 328 g/mol. The van der Waals surface area contributed by atoms with Crippen LogP contribution in [-0.4, -0.2) is 33.9 Å². The molecule has 0 saturated heterocycles. The predicted molar refractivity (Wildman–Crippen MR) is 75.0 cm³/mol. The van der Waals surface area contributed by atoms with Crippen LogP contribution < -0.4 is 10.1 Å². The molecule has 0 aromatic carbocycles. The molecule has 2 aromatic heterocycles. The second kappa shape index (κ2) is 6.67. The quantitative estimate of drug-likeness (QED) is 0.884. The summed E-state index contributed by atoms with van der Waals surface area (Å²) in [5.74, 6) is -0.518. The highest BCUT2D eigenvalue weighted by Gasteiger charge is 2.28. The minimum atomic E-state index is -4.42. The van der Waals surface area contributed by atoms with E-state index in [1.54, 1.807) is 13.0 Å². The SMILES string of the molecule is Cc1cc(C(C)NC(=O)c2ccc(OCC(F)(F)F)cn2)n[nH]1. The Bertz CT molecular complexity index is 667. The summed E-state index contributed by atoms with van der Waals surface area (Å²) in [4.78, 5) is 15.8. The van der Waals surface area contributed by atoms with E-state index in [0.29, 0.717) is 5.69 Å². The number of alkyl halides is 3. The summed E-state index contributed by atoms with van der Waals surface area (Å²) in [5, 5.41) is 9.50. The Balaban J connectivity index is 1.94. The number of aromatic amines is 1. The molecule has 23 heavy (non-hydrogen) atoms. The Labute approximate surface area is 130 Å². The Morgan fingerprint density at radius 3 is 2.70 bits per heavy atom. The van der Waals surface area contributed by atoms with Crippen LogP contribution in [-0.2, 0) is 0 Å². The summed E-state index contributed by atoms with van der Waals surface area (Å²) in [6, 6.07) is 4.02. The van der Waals surface area contributed by atoms with Gasteiger partial charge in [-0.05, 0) is 32.0 Å². The van der Waals surface area contributed by atoms with Crippen LogP contribution in [0.3, 0.4) is 0 Å². The fraction of sp³-hybridized carbons (Fsp3) is 0.357. The first-order chi connectivity index (χ1) is 10.7. The summed E-state index contributed by atoms with van der Waals surface area (Å²) in [6.45, 7) is 2.19. The molecule has 124 valence electrons. The molecule has 9 heteroatoms. The number of aromatic nitrogens is 3. The van der Waals surface area contributed by atoms with Gasteiger partial charge in [-0.25, -0.2) is 4.98 Å². The van der Waals surface area contributed by atoms with E-state index < -0.39 is 18.7 Å². The van der Waals surface area contributed by atoms with Gasteiger partial charge in [0.2, 0.25) is 0 Å². The van der Waals surface area contributed by atoms with Gasteiger partial charge >= 0.3 is 6.18 Å². The lowest BCUT2D eigenvalue weighted by atomic mass is 10.2. The zero-order valence-electron chi connectivity index (χ0n) is 12.4. The van der Waals surface area contributed by atoms with Crippen molar-refractivity contribution in [2.75, 3.05) is 6.61 Å². The molecule has 6 nitrogen and oxygen atoms in total. The summed E-state index contributed by atoms with van der Waals surface area (Å²) in [7, 11) is 0. The molecule has 2 aromatic rings. The van der Waals surface area contributed by atoms with Crippen molar-refractivity contribution in [1.82, 2.24) is 20.5 Å². The lowest BCUT2D eigenvalue weighted by Crippen LogP contribution is -2.27. The lowest BCUT2D eigenvalue weighted by molar-refractivity contribution is -0.153. The molecule has 1 atom stereocenters. The lowest BCUT2D eigenvalue weighted by Gasteiger charge is -2.12. The summed E-state index contributed by atoms with van der Waals surface area (Å²) >= 11 is 0. The normalized spacial score (nSPS) is 12.7. The smallest absolute Gasteiger partial charge is 0.422 e. The first-order valence-corrected chi connectivity index (χ1v) is 6.73. The molecule has 1 unspecified atom stereocenters. The summed E-state index contributed by atoms with van der Waals surface area (Å²) in [6.07, 6.45) is -3.35. The van der Waals surface area contributed by atoms with Gasteiger partial charge in [0, 0.05) is 5.69 Å². The van der Waals surface area contributed by atoms with Crippen LogP contribution in [0.1, 0.15) is 34.8 Å². The Morgan fingerprint density at radius 2 is 2.17 bits per heavy atom. The highest BCUT2D eigenvalue weighted by atomic mass is 19.4. The minimum absolute atomic E-state index is 0.0603. The second-order valence-electron chi connectivity index (χ2n) is 4.95. The number of nitrogens with one attached hydrogen (secondary N) is 2. The van der Waals surface area contributed by atoms with Crippen LogP contribution in [0.15, 0.2) is 24.4 Å². The molecule has 0 aliphatic rings. The predicted octanol–water partition coefficient (Wildman–Crippen LogP) is 2.55. The van der Waals surface area contributed by atoms with Crippen molar-refractivity contribution >= 4 is 5.91 Å². The highest BCUT2D eigenvalue weighted by Crippen LogP contribution is 2.18. The topological polar surface area (TPSA) is 79.9 Å². The number of ether oxygens (including phenoxy) is 1. The van der Waals surface area contributed by atoms with Crippen LogP contribution in [0.2, 0.25) is 0 Å². The number of H-pyrrole nitrogens is 1. The van der Waals surface area contributed by atoms with Crippen LogP contribution in [0, 0.1) is 6.92 Å². The van der Waals surface area contributed by atoms with Crippen LogP contribution in [0.25, 0.3) is 0 Å². The molecule has 1 amide bonds. The van der Waals surface area contributed by atoms with E-state index in [4.69, 9.17) is 0 Å². The maximum absolute atomic E-state index is 12.0. The average molecular weight is 328 g/mol. The number of nitrogens with zero attached hydrogens (tertiary/aromatic N) is 2. The van der Waals surface area contributed by atoms with Gasteiger partial charge in [0.05, 0.1) is 17.9 Å². The molecule has 2 N–H and O–H groups in total. The summed E-state index contributed by atoms with van der Waals surface area (Å²) < 4.78 is 40.6. The van der Waals surface area contributed by atoms with E-state index in [1.165, 1.54) is 12.1 Å². The molecule has 0 saturated carbocycles. The number of pyridine rings is 1. The molecule has 0 aliphatic carbocycles. The number of carbonyl (C=O) groups is 1. The minimum Gasteiger partial charge on any atom is -0.483 e. The highest BCUT2D eigenvalue weighted by molar-refractivity contribution is 5.92. The van der Waals surface area contributed by atoms with Crippen molar-refractivity contribution in [2.24, 2.45) is 0 Å². The first kappa shape index (κ1) is 16.8. The first-order valence-electron chi connectivity index (χ1n) is 6.73. The van der Waals surface area contributed by atoms with Crippen molar-refractivity contribution in [3.05, 3.63) is 41.5 Å². The van der Waals surface area contributed by atoms with Crippen molar-refractivity contribution in [3.8, 4) is 5.75 Å². The maximum Gasteiger partial charge on any atom is 0.422 e. The van der Waals surface area contributed by atoms with E-state index in [0.717, 1.165) is 11.9 Å². The van der Waals surface area contributed by atoms with Gasteiger partial charge in [0.15, 0.2) is 6.61 Å². The van der Waals surface area contributed by atoms with Crippen molar-refractivity contribution in [2.45, 2.75) is 26.1 Å². The third-order valence-electron chi connectivity index (χ3n) is 2.89. The van der Waals surface area contributed by atoms with Crippen LogP contribution in [0.5, 0.6) is 5.75 Å². The Morgan fingerprint density at radius 1 is 1.43 bits per heavy atom. The molecule has 2 rings (SSSR count). The number of carbonyl (C=O) groups excluding carboxylic acids is 1. The van der Waals surface area contributed by atoms with E-state index in [-0.39, 0.29) is 17.5 Å². The summed E-state index contributed by atoms with van der Waals surface area (Å²) in [5.41, 5.74) is 1.61. The molecule has 0 spiro atoms. The second-order valence-corrected chi connectivity index (χ2v) is 4.95. The Kier molecular flexibility index (Phi) is 4.87. The number of halogens is 3. The van der Waals surface area contributed by atoms with Gasteiger partial charge in [-0.1, -0.05) is 0 Å². The largest absolute Gasteiger partial charge is 0.483 e. The fourth-order valence-electron chi connectivity index (χ4n) is 1.77. The van der Waals surface area contributed by atoms with Gasteiger partial charge in [0.1, 0.15) is 11.4 Å². The maximum atomic E-state index is 12.0. The number of rotatable bonds is 5.